The molecule has 0 aliphatic heterocycles. The molecule has 0 aromatic heterocycles. The fraction of sp³-hybridized carbons (Fsp3) is 0.550. The van der Waals surface area contributed by atoms with Crippen LogP contribution in [0.25, 0.3) is 0 Å². The van der Waals surface area contributed by atoms with E-state index >= 15 is 0 Å². The monoisotopic (exact) mass is 479 g/mol. The highest BCUT2D eigenvalue weighted by Gasteiger charge is 2.15. The maximum Gasteiger partial charge on any atom is 0.141 e. The van der Waals surface area contributed by atoms with Gasteiger partial charge in [0, 0.05) is 11.6 Å². The van der Waals surface area contributed by atoms with Crippen molar-refractivity contribution >= 4 is 44.8 Å². The predicted octanol–water partition coefficient (Wildman–Crippen LogP) is 7.28. The van der Waals surface area contributed by atoms with Crippen LogP contribution in [0.2, 0.25) is 5.02 Å². The molecule has 0 heterocycles. The molecule has 0 radical (unpaired) electrons. The van der Waals surface area contributed by atoms with E-state index in [1.165, 1.54) is 0 Å². The van der Waals surface area contributed by atoms with Crippen LogP contribution < -0.4 is 9.47 Å². The number of hydrogen-bond acceptors (Lipinski definition) is 4. The fourth-order valence-corrected chi connectivity index (χ4v) is 2.71. The van der Waals surface area contributed by atoms with Gasteiger partial charge in [0.15, 0.2) is 0 Å². The van der Waals surface area contributed by atoms with E-state index in [2.05, 4.69) is 34.9 Å². The summed E-state index contributed by atoms with van der Waals surface area (Å²) in [6.07, 6.45) is 4.61. The van der Waals surface area contributed by atoms with Crippen LogP contribution in [0, 0.1) is 0 Å². The lowest BCUT2D eigenvalue weighted by Crippen LogP contribution is -2.04. The largest absolute Gasteiger partial charge is 0.492 e. The van der Waals surface area contributed by atoms with E-state index in [1.54, 1.807) is 12.1 Å². The molecule has 0 saturated carbocycles. The first-order valence-corrected chi connectivity index (χ1v) is 10.6. The molecule has 0 fully saturated rings. The molecular formula is C20H28BrCl2NO3. The second-order valence-corrected chi connectivity index (χ2v) is 8.69. The van der Waals surface area contributed by atoms with Gasteiger partial charge >= 0.3 is 0 Å². The van der Waals surface area contributed by atoms with Crippen molar-refractivity contribution in [3.63, 3.8) is 0 Å². The van der Waals surface area contributed by atoms with Gasteiger partial charge in [0.2, 0.25) is 0 Å². The fourth-order valence-electron chi connectivity index (χ4n) is 2.25. The van der Waals surface area contributed by atoms with Gasteiger partial charge in [-0.3, -0.25) is 0 Å². The minimum Gasteiger partial charge on any atom is -0.492 e. The van der Waals surface area contributed by atoms with Crippen LogP contribution in [0.3, 0.4) is 0 Å². The third-order valence-corrected chi connectivity index (χ3v) is 4.29. The molecule has 0 amide bonds. The Morgan fingerprint density at radius 3 is 2.48 bits per heavy atom. The van der Waals surface area contributed by atoms with Gasteiger partial charge in [-0.2, -0.15) is 0 Å². The van der Waals surface area contributed by atoms with E-state index in [0.717, 1.165) is 36.3 Å². The summed E-state index contributed by atoms with van der Waals surface area (Å²) >= 11 is 15.3. The number of halogens is 3. The molecule has 0 N–H and O–H groups in total. The zero-order chi connectivity index (χ0) is 20.2. The van der Waals surface area contributed by atoms with Crippen LogP contribution in [0.5, 0.6) is 11.5 Å². The lowest BCUT2D eigenvalue weighted by molar-refractivity contribution is 0.138. The lowest BCUT2D eigenvalue weighted by Gasteiger charge is -2.17. The molecular weight excluding hydrogens is 453 g/mol. The molecule has 0 aliphatic rings. The van der Waals surface area contributed by atoms with E-state index < -0.39 is 0 Å². The van der Waals surface area contributed by atoms with Crippen molar-refractivity contribution < 1.29 is 14.3 Å². The molecule has 152 valence electrons. The second-order valence-electron chi connectivity index (χ2n) is 6.56. The first-order chi connectivity index (χ1) is 12.8. The zero-order valence-corrected chi connectivity index (χ0v) is 19.5. The number of oxime groups is 1. The number of nitrogens with zero attached hydrogens (tertiary/aromatic N) is 1. The molecule has 0 bridgehead atoms. The third-order valence-electron chi connectivity index (χ3n) is 3.53. The first kappa shape index (κ1) is 24.1. The van der Waals surface area contributed by atoms with Crippen LogP contribution in [-0.2, 0) is 4.84 Å². The second kappa shape index (κ2) is 13.3. The average Bonchev–Trinajstić information content (AvgIpc) is 2.57. The van der Waals surface area contributed by atoms with Crippen molar-refractivity contribution in [2.75, 3.05) is 19.8 Å². The number of hydrogen-bond donors (Lipinski definition) is 0. The van der Waals surface area contributed by atoms with Gasteiger partial charge in [0.25, 0.3) is 0 Å². The highest BCUT2D eigenvalue weighted by Crippen LogP contribution is 2.37. The SMILES string of the molecule is CC(C)=NOCCCCCOc1c(Cl)cc(OC/C=C(\Cl)Br)cc1C(C)C. The zero-order valence-electron chi connectivity index (χ0n) is 16.4. The summed E-state index contributed by atoms with van der Waals surface area (Å²) in [7, 11) is 0. The first-order valence-electron chi connectivity index (χ1n) is 9.04. The Labute approximate surface area is 181 Å². The van der Waals surface area contributed by atoms with Crippen molar-refractivity contribution in [2.24, 2.45) is 5.16 Å². The molecule has 0 saturated heterocycles. The average molecular weight is 481 g/mol. The Hall–Kier alpha value is -0.910. The Balaban J connectivity index is 2.56. The Kier molecular flexibility index (Phi) is 11.9. The van der Waals surface area contributed by atoms with Crippen LogP contribution >= 0.6 is 39.1 Å². The van der Waals surface area contributed by atoms with Gasteiger partial charge in [-0.1, -0.05) is 42.2 Å². The van der Waals surface area contributed by atoms with E-state index in [9.17, 15) is 0 Å². The summed E-state index contributed by atoms with van der Waals surface area (Å²) in [5.41, 5.74) is 1.95. The standard InChI is InChI=1S/C20H28BrCl2NO3/c1-14(2)17-12-16(25-11-8-19(21)23)13-18(22)20(17)26-9-6-5-7-10-27-24-15(3)4/h8,12-14H,5-7,9-11H2,1-4H3/b19-8-. The Morgan fingerprint density at radius 1 is 1.15 bits per heavy atom. The van der Waals surface area contributed by atoms with Gasteiger partial charge in [-0.15, -0.1) is 0 Å². The summed E-state index contributed by atoms with van der Waals surface area (Å²) in [6.45, 7) is 9.62. The van der Waals surface area contributed by atoms with Crippen molar-refractivity contribution in [3.8, 4) is 11.5 Å². The highest BCUT2D eigenvalue weighted by molar-refractivity contribution is 9.12. The molecule has 7 heteroatoms. The topological polar surface area (TPSA) is 40.0 Å². The van der Waals surface area contributed by atoms with Crippen molar-refractivity contribution in [1.82, 2.24) is 0 Å². The van der Waals surface area contributed by atoms with Crippen LogP contribution in [0.4, 0.5) is 0 Å². The molecule has 27 heavy (non-hydrogen) atoms. The normalized spacial score (nSPS) is 11.5. The van der Waals surface area contributed by atoms with E-state index in [1.807, 2.05) is 19.9 Å². The molecule has 1 aromatic rings. The van der Waals surface area contributed by atoms with Crippen molar-refractivity contribution in [1.29, 1.82) is 0 Å². The molecule has 1 rings (SSSR count). The van der Waals surface area contributed by atoms with Gasteiger partial charge in [0.1, 0.15) is 24.7 Å². The van der Waals surface area contributed by atoms with Gasteiger partial charge in [0.05, 0.1) is 21.3 Å². The van der Waals surface area contributed by atoms with Gasteiger partial charge in [-0.05, 0) is 67.1 Å². The van der Waals surface area contributed by atoms with E-state index in [0.29, 0.717) is 34.5 Å². The van der Waals surface area contributed by atoms with E-state index in [-0.39, 0.29) is 5.92 Å². The summed E-state index contributed by atoms with van der Waals surface area (Å²) in [5.74, 6) is 1.69. The predicted molar refractivity (Wildman–Crippen MR) is 118 cm³/mol. The number of ether oxygens (including phenoxy) is 2. The minimum absolute atomic E-state index is 0.264. The summed E-state index contributed by atoms with van der Waals surface area (Å²) in [6, 6.07) is 3.75. The quantitative estimate of drug-likeness (QED) is 0.179. The smallest absolute Gasteiger partial charge is 0.141 e. The Bertz CT molecular complexity index is 640. The molecule has 0 atom stereocenters. The Morgan fingerprint density at radius 2 is 1.85 bits per heavy atom. The number of rotatable bonds is 12. The lowest BCUT2D eigenvalue weighted by atomic mass is 10.0. The van der Waals surface area contributed by atoms with Gasteiger partial charge in [-0.25, -0.2) is 0 Å². The van der Waals surface area contributed by atoms with Crippen molar-refractivity contribution in [2.45, 2.75) is 52.9 Å². The number of unbranched alkanes of at least 4 members (excludes halogenated alkanes) is 2. The summed E-state index contributed by atoms with van der Waals surface area (Å²) in [5, 5.41) is 4.47. The maximum atomic E-state index is 6.44. The van der Waals surface area contributed by atoms with Crippen LogP contribution in [0.1, 0.15) is 58.4 Å². The molecule has 4 nitrogen and oxygen atoms in total. The maximum absolute atomic E-state index is 6.44. The molecule has 1 aromatic carbocycles. The minimum atomic E-state index is 0.264. The van der Waals surface area contributed by atoms with Crippen molar-refractivity contribution in [3.05, 3.63) is 32.7 Å². The van der Waals surface area contributed by atoms with Gasteiger partial charge < -0.3 is 14.3 Å². The van der Waals surface area contributed by atoms with Crippen LogP contribution in [-0.4, -0.2) is 25.5 Å². The number of benzene rings is 1. The molecule has 0 aliphatic carbocycles. The van der Waals surface area contributed by atoms with Crippen LogP contribution in [0.15, 0.2) is 27.3 Å². The molecule has 0 spiro atoms. The molecule has 0 unspecified atom stereocenters. The summed E-state index contributed by atoms with van der Waals surface area (Å²) < 4.78 is 12.2. The van der Waals surface area contributed by atoms with E-state index in [4.69, 9.17) is 37.5 Å². The summed E-state index contributed by atoms with van der Waals surface area (Å²) in [4.78, 5) is 5.19. The highest BCUT2D eigenvalue weighted by atomic mass is 79.9. The third kappa shape index (κ3) is 10.3.